The molecule has 106 valence electrons. The minimum Gasteiger partial charge on any atom is -0.496 e. The highest BCUT2D eigenvalue weighted by atomic mass is 79.9. The van der Waals surface area contributed by atoms with Gasteiger partial charge in [-0.05, 0) is 54.4 Å². The molecule has 4 nitrogen and oxygen atoms in total. The predicted octanol–water partition coefficient (Wildman–Crippen LogP) is 3.17. The number of benzene rings is 1. The Balaban J connectivity index is 2.63. The summed E-state index contributed by atoms with van der Waals surface area (Å²) in [5, 5.41) is 6.11. The smallest absolute Gasteiger partial charge is 0.242 e. The highest BCUT2D eigenvalue weighted by molar-refractivity contribution is 9.10. The van der Waals surface area contributed by atoms with Crippen LogP contribution in [-0.4, -0.2) is 25.1 Å². The van der Waals surface area contributed by atoms with Gasteiger partial charge in [0.25, 0.3) is 0 Å². The number of halogens is 1. The number of hydrogen-bond donors (Lipinski definition) is 2. The van der Waals surface area contributed by atoms with Crippen LogP contribution >= 0.6 is 15.9 Å². The van der Waals surface area contributed by atoms with E-state index in [1.165, 1.54) is 0 Å². The molecule has 0 radical (unpaired) electrons. The number of hydrogen-bond acceptors (Lipinski definition) is 3. The average Bonchev–Trinajstić information content (AvgIpc) is 2.38. The molecule has 0 bridgehead atoms. The molecule has 0 fully saturated rings. The van der Waals surface area contributed by atoms with Crippen molar-refractivity contribution in [2.45, 2.75) is 39.3 Å². The number of nitrogens with one attached hydrogen (secondary N) is 2. The topological polar surface area (TPSA) is 50.4 Å². The fourth-order valence-electron chi connectivity index (χ4n) is 1.54. The Morgan fingerprint density at radius 2 is 2.11 bits per heavy atom. The van der Waals surface area contributed by atoms with Crippen molar-refractivity contribution < 1.29 is 9.53 Å². The zero-order valence-electron chi connectivity index (χ0n) is 11.8. The van der Waals surface area contributed by atoms with E-state index in [-0.39, 0.29) is 18.0 Å². The summed E-state index contributed by atoms with van der Waals surface area (Å²) in [6, 6.07) is 5.54. The van der Waals surface area contributed by atoms with Gasteiger partial charge in [-0.1, -0.05) is 6.92 Å². The maximum Gasteiger partial charge on any atom is 0.242 e. The van der Waals surface area contributed by atoms with Gasteiger partial charge in [-0.15, -0.1) is 0 Å². The van der Waals surface area contributed by atoms with Gasteiger partial charge >= 0.3 is 0 Å². The number of carbonyl (C=O) groups is 1. The average molecular weight is 329 g/mol. The molecule has 0 aliphatic heterocycles. The van der Waals surface area contributed by atoms with Gasteiger partial charge in [-0.25, -0.2) is 0 Å². The first kappa shape index (κ1) is 15.8. The van der Waals surface area contributed by atoms with E-state index in [9.17, 15) is 4.79 Å². The first-order valence-electron chi connectivity index (χ1n) is 6.38. The summed E-state index contributed by atoms with van der Waals surface area (Å²) in [7, 11) is 1.62. The highest BCUT2D eigenvalue weighted by Crippen LogP contribution is 2.27. The summed E-state index contributed by atoms with van der Waals surface area (Å²) in [6.07, 6.45) is 0.923. The summed E-state index contributed by atoms with van der Waals surface area (Å²) >= 11 is 3.42. The van der Waals surface area contributed by atoms with Gasteiger partial charge in [0.2, 0.25) is 5.91 Å². The van der Waals surface area contributed by atoms with Crippen LogP contribution in [0.25, 0.3) is 0 Å². The van der Waals surface area contributed by atoms with Crippen molar-refractivity contribution in [3.8, 4) is 5.75 Å². The Morgan fingerprint density at radius 3 is 2.63 bits per heavy atom. The molecule has 19 heavy (non-hydrogen) atoms. The van der Waals surface area contributed by atoms with Crippen molar-refractivity contribution in [3.63, 3.8) is 0 Å². The molecule has 2 atom stereocenters. The van der Waals surface area contributed by atoms with E-state index in [2.05, 4.69) is 26.6 Å². The molecule has 1 rings (SSSR count). The van der Waals surface area contributed by atoms with Gasteiger partial charge in [0.1, 0.15) is 11.8 Å². The number of methoxy groups -OCH3 is 1. The Kier molecular flexibility index (Phi) is 6.15. The third kappa shape index (κ3) is 4.74. The zero-order chi connectivity index (χ0) is 14.4. The van der Waals surface area contributed by atoms with Crippen molar-refractivity contribution in [1.29, 1.82) is 0 Å². The molecular formula is C14H21BrN2O2. The maximum absolute atomic E-state index is 11.9. The molecule has 0 aromatic heterocycles. The van der Waals surface area contributed by atoms with Gasteiger partial charge < -0.3 is 15.4 Å². The zero-order valence-corrected chi connectivity index (χ0v) is 13.4. The minimum atomic E-state index is -0.283. The molecular weight excluding hydrogens is 308 g/mol. The normalized spacial score (nSPS) is 13.5. The van der Waals surface area contributed by atoms with E-state index >= 15 is 0 Å². The van der Waals surface area contributed by atoms with Crippen LogP contribution < -0.4 is 15.4 Å². The van der Waals surface area contributed by atoms with Crippen LogP contribution in [0.1, 0.15) is 27.2 Å². The molecule has 0 saturated carbocycles. The lowest BCUT2D eigenvalue weighted by Crippen LogP contribution is -2.41. The molecule has 0 heterocycles. The highest BCUT2D eigenvalue weighted by Gasteiger charge is 2.14. The molecule has 1 amide bonds. The van der Waals surface area contributed by atoms with Crippen molar-refractivity contribution in [2.75, 3.05) is 12.4 Å². The third-order valence-electron chi connectivity index (χ3n) is 2.93. The quantitative estimate of drug-likeness (QED) is 0.843. The molecule has 0 spiro atoms. The van der Waals surface area contributed by atoms with Crippen LogP contribution in [0.2, 0.25) is 0 Å². The van der Waals surface area contributed by atoms with E-state index in [0.717, 1.165) is 22.3 Å². The van der Waals surface area contributed by atoms with Crippen LogP contribution in [-0.2, 0) is 4.79 Å². The lowest BCUT2D eigenvalue weighted by atomic mass is 10.2. The van der Waals surface area contributed by atoms with Gasteiger partial charge in [0, 0.05) is 11.7 Å². The maximum atomic E-state index is 11.9. The molecule has 1 aromatic rings. The second kappa shape index (κ2) is 7.38. The first-order valence-corrected chi connectivity index (χ1v) is 7.17. The molecule has 0 saturated heterocycles. The monoisotopic (exact) mass is 328 g/mol. The van der Waals surface area contributed by atoms with Gasteiger partial charge in [0.15, 0.2) is 0 Å². The summed E-state index contributed by atoms with van der Waals surface area (Å²) in [5.41, 5.74) is 0.875. The molecule has 1 aromatic carbocycles. The summed E-state index contributed by atoms with van der Waals surface area (Å²) in [6.45, 7) is 5.88. The second-order valence-electron chi connectivity index (χ2n) is 4.53. The third-order valence-corrected chi connectivity index (χ3v) is 3.55. The van der Waals surface area contributed by atoms with Crippen LogP contribution in [0.5, 0.6) is 5.75 Å². The van der Waals surface area contributed by atoms with E-state index in [1.54, 1.807) is 7.11 Å². The second-order valence-corrected chi connectivity index (χ2v) is 5.39. The van der Waals surface area contributed by atoms with Gasteiger partial charge in [-0.3, -0.25) is 4.79 Å². The number of ether oxygens (including phenoxy) is 1. The van der Waals surface area contributed by atoms with E-state index in [4.69, 9.17) is 4.74 Å². The van der Waals surface area contributed by atoms with Gasteiger partial charge in [-0.2, -0.15) is 0 Å². The van der Waals surface area contributed by atoms with E-state index in [0.29, 0.717) is 0 Å². The van der Waals surface area contributed by atoms with Crippen LogP contribution in [0, 0.1) is 0 Å². The van der Waals surface area contributed by atoms with Crippen molar-refractivity contribution in [3.05, 3.63) is 22.7 Å². The first-order chi connectivity index (χ1) is 8.97. The Labute approximate surface area is 123 Å². The number of anilines is 1. The predicted molar refractivity (Wildman–Crippen MR) is 81.7 cm³/mol. The van der Waals surface area contributed by atoms with Crippen LogP contribution in [0.4, 0.5) is 5.69 Å². The van der Waals surface area contributed by atoms with Crippen molar-refractivity contribution in [2.24, 2.45) is 0 Å². The molecule has 5 heteroatoms. The Hall–Kier alpha value is -1.23. The lowest BCUT2D eigenvalue weighted by molar-refractivity contribution is -0.122. The van der Waals surface area contributed by atoms with Crippen molar-refractivity contribution >= 4 is 27.5 Å². The lowest BCUT2D eigenvalue weighted by Gasteiger charge is -2.18. The van der Waals surface area contributed by atoms with E-state index in [1.807, 2.05) is 39.0 Å². The number of amides is 1. The van der Waals surface area contributed by atoms with E-state index < -0.39 is 0 Å². The molecule has 2 unspecified atom stereocenters. The Bertz CT molecular complexity index is 437. The molecule has 2 N–H and O–H groups in total. The number of carbonyl (C=O) groups excluding carboxylic acids is 1. The minimum absolute atomic E-state index is 0.00119. The Morgan fingerprint density at radius 1 is 1.42 bits per heavy atom. The van der Waals surface area contributed by atoms with Crippen molar-refractivity contribution in [1.82, 2.24) is 5.32 Å². The summed E-state index contributed by atoms with van der Waals surface area (Å²) in [5.74, 6) is 0.767. The fraction of sp³-hybridized carbons (Fsp3) is 0.500. The van der Waals surface area contributed by atoms with Crippen LogP contribution in [0.15, 0.2) is 22.7 Å². The largest absolute Gasteiger partial charge is 0.496 e. The summed E-state index contributed by atoms with van der Waals surface area (Å²) < 4.78 is 6.02. The fourth-order valence-corrected chi connectivity index (χ4v) is 2.08. The number of rotatable bonds is 6. The SMILES string of the molecule is CCC(C)NC(=O)C(C)Nc1ccc(OC)c(Br)c1. The molecule has 0 aliphatic rings. The molecule has 0 aliphatic carbocycles. The van der Waals surface area contributed by atoms with Crippen LogP contribution in [0.3, 0.4) is 0 Å². The van der Waals surface area contributed by atoms with Gasteiger partial charge in [0.05, 0.1) is 11.6 Å². The standard InChI is InChI=1S/C14H21BrN2O2/c1-5-9(2)16-14(18)10(3)17-11-6-7-13(19-4)12(15)8-11/h6-10,17H,5H2,1-4H3,(H,16,18). The summed E-state index contributed by atoms with van der Waals surface area (Å²) in [4.78, 5) is 11.9.